The van der Waals surface area contributed by atoms with Crippen LogP contribution in [0, 0.1) is 5.92 Å². The summed E-state index contributed by atoms with van der Waals surface area (Å²) in [5.41, 5.74) is 16.4. The number of rotatable bonds is 12. The average Bonchev–Trinajstić information content (AvgIpc) is 2.53. The summed E-state index contributed by atoms with van der Waals surface area (Å²) in [7, 11) is 0. The molecule has 0 bridgehead atoms. The molecule has 0 spiro atoms. The molecule has 7 nitrogen and oxygen atoms in total. The van der Waals surface area contributed by atoms with Crippen molar-refractivity contribution in [2.45, 2.75) is 38.3 Å². The summed E-state index contributed by atoms with van der Waals surface area (Å²) < 4.78 is 0. The van der Waals surface area contributed by atoms with Crippen molar-refractivity contribution in [3.05, 3.63) is 37.3 Å². The highest BCUT2D eigenvalue weighted by molar-refractivity contribution is 5.86. The molecule has 0 rings (SSSR count). The summed E-state index contributed by atoms with van der Waals surface area (Å²) >= 11 is 0. The SMILES string of the molecule is C=CCC/C=C/N=C(N/C=C/NC[C@@H](N)C(C)(C)O)C(CN)CN. The number of aliphatic imine (C=N–C) groups is 1. The van der Waals surface area contributed by atoms with Gasteiger partial charge in [-0.1, -0.05) is 12.2 Å². The zero-order valence-electron chi connectivity index (χ0n) is 14.9. The number of hydrogen-bond acceptors (Lipinski definition) is 6. The third-order valence-electron chi connectivity index (χ3n) is 3.49. The van der Waals surface area contributed by atoms with E-state index in [1.807, 2.05) is 12.2 Å². The number of allylic oxidation sites excluding steroid dienone is 2. The lowest BCUT2D eigenvalue weighted by atomic mass is 10.0. The van der Waals surface area contributed by atoms with Crippen LogP contribution in [0.2, 0.25) is 0 Å². The first-order valence-corrected chi connectivity index (χ1v) is 8.23. The van der Waals surface area contributed by atoms with Gasteiger partial charge in [0, 0.05) is 44.2 Å². The second-order valence-corrected chi connectivity index (χ2v) is 6.08. The molecule has 7 heteroatoms. The highest BCUT2D eigenvalue weighted by Gasteiger charge is 2.21. The maximum atomic E-state index is 9.76. The van der Waals surface area contributed by atoms with Crippen molar-refractivity contribution < 1.29 is 5.11 Å². The van der Waals surface area contributed by atoms with Crippen LogP contribution in [-0.2, 0) is 0 Å². The molecule has 0 aliphatic rings. The van der Waals surface area contributed by atoms with Crippen LogP contribution in [0.4, 0.5) is 0 Å². The van der Waals surface area contributed by atoms with Gasteiger partial charge in [0.15, 0.2) is 0 Å². The highest BCUT2D eigenvalue weighted by atomic mass is 16.3. The van der Waals surface area contributed by atoms with Crippen LogP contribution in [0.15, 0.2) is 42.3 Å². The Hall–Kier alpha value is -1.67. The second kappa shape index (κ2) is 12.7. The van der Waals surface area contributed by atoms with Crippen LogP contribution >= 0.6 is 0 Å². The molecular formula is C17H34N6O. The quantitative estimate of drug-likeness (QED) is 0.130. The van der Waals surface area contributed by atoms with Gasteiger partial charge >= 0.3 is 0 Å². The van der Waals surface area contributed by atoms with Crippen molar-refractivity contribution in [3.8, 4) is 0 Å². The van der Waals surface area contributed by atoms with E-state index in [0.717, 1.165) is 12.8 Å². The first kappa shape index (κ1) is 22.3. The molecule has 0 aliphatic heterocycles. The summed E-state index contributed by atoms with van der Waals surface area (Å²) in [5.74, 6) is 0.664. The molecule has 0 aliphatic carbocycles. The largest absolute Gasteiger partial charge is 0.389 e. The fourth-order valence-corrected chi connectivity index (χ4v) is 1.63. The number of unbranched alkanes of at least 4 members (excludes halogenated alkanes) is 1. The highest BCUT2D eigenvalue weighted by Crippen LogP contribution is 2.04. The Morgan fingerprint density at radius 1 is 1.25 bits per heavy atom. The molecule has 0 saturated carbocycles. The lowest BCUT2D eigenvalue weighted by Gasteiger charge is -2.25. The van der Waals surface area contributed by atoms with Crippen LogP contribution < -0.4 is 27.8 Å². The molecule has 0 fully saturated rings. The fourth-order valence-electron chi connectivity index (χ4n) is 1.63. The first-order chi connectivity index (χ1) is 11.4. The van der Waals surface area contributed by atoms with E-state index in [0.29, 0.717) is 25.5 Å². The van der Waals surface area contributed by atoms with E-state index >= 15 is 0 Å². The van der Waals surface area contributed by atoms with E-state index in [9.17, 15) is 5.11 Å². The van der Waals surface area contributed by atoms with Gasteiger partial charge in [-0.2, -0.15) is 0 Å². The predicted molar refractivity (Wildman–Crippen MR) is 102 cm³/mol. The normalized spacial score (nSPS) is 14.5. The lowest BCUT2D eigenvalue weighted by molar-refractivity contribution is 0.0531. The van der Waals surface area contributed by atoms with Gasteiger partial charge in [0.2, 0.25) is 0 Å². The molecule has 24 heavy (non-hydrogen) atoms. The van der Waals surface area contributed by atoms with Crippen molar-refractivity contribution in [2.24, 2.45) is 28.1 Å². The van der Waals surface area contributed by atoms with Gasteiger partial charge in [0.1, 0.15) is 5.84 Å². The molecule has 0 aromatic rings. The number of nitrogens with one attached hydrogen (secondary N) is 2. The van der Waals surface area contributed by atoms with Crippen LogP contribution in [0.3, 0.4) is 0 Å². The smallest absolute Gasteiger partial charge is 0.111 e. The average molecular weight is 339 g/mol. The first-order valence-electron chi connectivity index (χ1n) is 8.23. The van der Waals surface area contributed by atoms with Crippen molar-refractivity contribution in [3.63, 3.8) is 0 Å². The number of aliphatic hydroxyl groups is 1. The van der Waals surface area contributed by atoms with Gasteiger partial charge in [0.05, 0.1) is 11.6 Å². The van der Waals surface area contributed by atoms with E-state index in [1.165, 1.54) is 0 Å². The number of nitrogens with zero attached hydrogens (tertiary/aromatic N) is 1. The maximum Gasteiger partial charge on any atom is 0.111 e. The Morgan fingerprint density at radius 2 is 1.92 bits per heavy atom. The Kier molecular flexibility index (Phi) is 11.8. The van der Waals surface area contributed by atoms with Crippen molar-refractivity contribution in [2.75, 3.05) is 19.6 Å². The van der Waals surface area contributed by atoms with Gasteiger partial charge in [-0.15, -0.1) is 6.58 Å². The van der Waals surface area contributed by atoms with Crippen LogP contribution in [0.25, 0.3) is 0 Å². The summed E-state index contributed by atoms with van der Waals surface area (Å²) in [4.78, 5) is 4.40. The monoisotopic (exact) mass is 338 g/mol. The summed E-state index contributed by atoms with van der Waals surface area (Å²) in [6, 6.07) is -0.371. The third kappa shape index (κ3) is 10.2. The maximum absolute atomic E-state index is 9.76. The Morgan fingerprint density at radius 3 is 2.46 bits per heavy atom. The van der Waals surface area contributed by atoms with E-state index in [2.05, 4.69) is 22.2 Å². The molecule has 0 radical (unpaired) electrons. The van der Waals surface area contributed by atoms with Gasteiger partial charge in [-0.05, 0) is 26.7 Å². The van der Waals surface area contributed by atoms with E-state index < -0.39 is 5.60 Å². The third-order valence-corrected chi connectivity index (χ3v) is 3.49. The van der Waals surface area contributed by atoms with E-state index in [4.69, 9.17) is 17.2 Å². The van der Waals surface area contributed by atoms with Gasteiger partial charge in [-0.3, -0.25) is 0 Å². The van der Waals surface area contributed by atoms with Crippen molar-refractivity contribution in [1.82, 2.24) is 10.6 Å². The fraction of sp³-hybridized carbons (Fsp3) is 0.588. The Balaban J connectivity index is 4.55. The minimum Gasteiger partial charge on any atom is -0.389 e. The number of amidine groups is 1. The Bertz CT molecular complexity index is 421. The molecule has 0 saturated heterocycles. The van der Waals surface area contributed by atoms with Crippen LogP contribution in [0.1, 0.15) is 26.7 Å². The second-order valence-electron chi connectivity index (χ2n) is 6.08. The minimum absolute atomic E-state index is 0.0441. The van der Waals surface area contributed by atoms with Crippen molar-refractivity contribution in [1.29, 1.82) is 0 Å². The zero-order chi connectivity index (χ0) is 18.4. The number of nitrogens with two attached hydrogens (primary N) is 3. The summed E-state index contributed by atoms with van der Waals surface area (Å²) in [6.45, 7) is 8.31. The van der Waals surface area contributed by atoms with Crippen molar-refractivity contribution >= 4 is 5.84 Å². The molecular weight excluding hydrogens is 304 g/mol. The molecule has 0 aromatic carbocycles. The van der Waals surface area contributed by atoms with Gasteiger partial charge in [-0.25, -0.2) is 4.99 Å². The van der Waals surface area contributed by atoms with Crippen LogP contribution in [0.5, 0.6) is 0 Å². The molecule has 9 N–H and O–H groups in total. The number of hydrogen-bond donors (Lipinski definition) is 6. The molecule has 1 atom stereocenters. The molecule has 138 valence electrons. The summed E-state index contributed by atoms with van der Waals surface area (Å²) in [5, 5.41) is 15.9. The van der Waals surface area contributed by atoms with Gasteiger partial charge in [0.25, 0.3) is 0 Å². The Labute approximate surface area is 145 Å². The van der Waals surface area contributed by atoms with Gasteiger partial charge < -0.3 is 32.9 Å². The zero-order valence-corrected chi connectivity index (χ0v) is 14.9. The van der Waals surface area contributed by atoms with E-state index in [1.54, 1.807) is 32.4 Å². The molecule has 0 unspecified atom stereocenters. The minimum atomic E-state index is -0.929. The lowest BCUT2D eigenvalue weighted by Crippen LogP contribution is -2.48. The standard InChI is InChI=1S/C17H34N6O/c1-4-5-6-7-8-22-16(14(11-18)12-19)23-10-9-21-13-15(20)17(2,3)24/h4,7-10,14-15,21,24H,1,5-6,11-13,18-20H2,2-3H3,(H,22,23)/b8-7+,10-9+/t15-/m1/s1. The summed E-state index contributed by atoms with van der Waals surface area (Å²) in [6.07, 6.45) is 10.8. The topological polar surface area (TPSA) is 135 Å². The molecule has 0 heterocycles. The molecule has 0 aromatic heterocycles. The van der Waals surface area contributed by atoms with Crippen LogP contribution in [-0.4, -0.2) is 42.2 Å². The molecule has 0 amide bonds. The van der Waals surface area contributed by atoms with E-state index in [-0.39, 0.29) is 12.0 Å². The predicted octanol–water partition coefficient (Wildman–Crippen LogP) is 0.147.